The monoisotopic (exact) mass is 343 g/mol. The molecule has 0 spiro atoms. The van der Waals surface area contributed by atoms with Crippen molar-refractivity contribution in [2.45, 2.75) is 6.10 Å². The molecule has 0 aromatic heterocycles. The van der Waals surface area contributed by atoms with Crippen LogP contribution in [0.2, 0.25) is 0 Å². The zero-order valence-corrected chi connectivity index (χ0v) is 13.8. The molecule has 2 aromatic rings. The van der Waals surface area contributed by atoms with Crippen molar-refractivity contribution in [3.05, 3.63) is 48.0 Å². The first kappa shape index (κ1) is 16.6. The normalized spacial score (nSPS) is 15.2. The second-order valence-electron chi connectivity index (χ2n) is 5.26. The first-order valence-electron chi connectivity index (χ1n) is 7.58. The van der Waals surface area contributed by atoms with Crippen molar-refractivity contribution < 1.29 is 28.5 Å². The molecule has 25 heavy (non-hydrogen) atoms. The van der Waals surface area contributed by atoms with Crippen LogP contribution in [0, 0.1) is 0 Å². The predicted molar refractivity (Wildman–Crippen MR) is 89.3 cm³/mol. The Morgan fingerprint density at radius 2 is 1.88 bits per heavy atom. The van der Waals surface area contributed by atoms with Gasteiger partial charge in [-0.1, -0.05) is 12.1 Å². The summed E-state index contributed by atoms with van der Waals surface area (Å²) in [6.45, 7) is 0.0760. The number of carbonyl (C=O) groups excluding carboxylic acids is 2. The van der Waals surface area contributed by atoms with E-state index in [1.807, 2.05) is 6.07 Å². The van der Waals surface area contributed by atoms with Crippen molar-refractivity contribution in [3.8, 4) is 17.2 Å². The maximum absolute atomic E-state index is 12.5. The smallest absolute Gasteiger partial charge is 0.340 e. The van der Waals surface area contributed by atoms with Crippen molar-refractivity contribution in [3.63, 3.8) is 0 Å². The van der Waals surface area contributed by atoms with Gasteiger partial charge in [0.05, 0.1) is 25.5 Å². The van der Waals surface area contributed by atoms with E-state index in [4.69, 9.17) is 18.9 Å². The van der Waals surface area contributed by atoms with Crippen molar-refractivity contribution >= 4 is 17.6 Å². The van der Waals surface area contributed by atoms with Gasteiger partial charge in [-0.2, -0.15) is 0 Å². The molecule has 1 aliphatic rings. The summed E-state index contributed by atoms with van der Waals surface area (Å²) < 4.78 is 21.0. The molecule has 1 amide bonds. The minimum atomic E-state index is -0.831. The van der Waals surface area contributed by atoms with E-state index in [9.17, 15) is 9.59 Å². The Bertz CT molecular complexity index is 804. The van der Waals surface area contributed by atoms with Gasteiger partial charge in [-0.15, -0.1) is 0 Å². The number of hydrogen-bond donors (Lipinski definition) is 1. The first-order chi connectivity index (χ1) is 12.1. The molecule has 3 rings (SSSR count). The molecule has 0 saturated carbocycles. The number of carbonyl (C=O) groups is 2. The summed E-state index contributed by atoms with van der Waals surface area (Å²) in [5.41, 5.74) is 0.493. The molecule has 7 heteroatoms. The van der Waals surface area contributed by atoms with E-state index >= 15 is 0 Å². The van der Waals surface area contributed by atoms with E-state index in [1.54, 1.807) is 30.3 Å². The third-order valence-corrected chi connectivity index (χ3v) is 3.69. The van der Waals surface area contributed by atoms with E-state index < -0.39 is 18.0 Å². The van der Waals surface area contributed by atoms with Crippen LogP contribution in [-0.4, -0.2) is 38.8 Å². The molecule has 0 aliphatic carbocycles. The number of benzene rings is 2. The highest BCUT2D eigenvalue weighted by atomic mass is 16.6. The Balaban J connectivity index is 1.78. The molecule has 1 heterocycles. The molecule has 130 valence electrons. The number of nitrogens with one attached hydrogen (secondary N) is 1. The fourth-order valence-electron chi connectivity index (χ4n) is 2.40. The number of ether oxygens (including phenoxy) is 4. The van der Waals surface area contributed by atoms with Gasteiger partial charge in [0.15, 0.2) is 11.5 Å². The second-order valence-corrected chi connectivity index (χ2v) is 5.26. The Morgan fingerprint density at radius 1 is 1.12 bits per heavy atom. The summed E-state index contributed by atoms with van der Waals surface area (Å²) in [5, 5.41) is 2.68. The molecular formula is C18H17NO6. The van der Waals surface area contributed by atoms with E-state index in [0.717, 1.165) is 0 Å². The third-order valence-electron chi connectivity index (χ3n) is 3.69. The summed E-state index contributed by atoms with van der Waals surface area (Å²) in [7, 11) is 2.75. The molecule has 0 radical (unpaired) electrons. The van der Waals surface area contributed by atoms with E-state index in [0.29, 0.717) is 22.9 Å². The molecule has 7 nitrogen and oxygen atoms in total. The fourth-order valence-corrected chi connectivity index (χ4v) is 2.40. The van der Waals surface area contributed by atoms with Gasteiger partial charge < -0.3 is 24.3 Å². The van der Waals surface area contributed by atoms with Crippen LogP contribution in [0.4, 0.5) is 5.69 Å². The molecule has 1 unspecified atom stereocenters. The molecular weight excluding hydrogens is 326 g/mol. The van der Waals surface area contributed by atoms with Crippen LogP contribution in [-0.2, 0) is 9.53 Å². The summed E-state index contributed by atoms with van der Waals surface area (Å²) >= 11 is 0. The Hall–Kier alpha value is -3.22. The van der Waals surface area contributed by atoms with Gasteiger partial charge in [-0.25, -0.2) is 4.79 Å². The Kier molecular flexibility index (Phi) is 4.74. The average Bonchev–Trinajstić information content (AvgIpc) is 2.67. The topological polar surface area (TPSA) is 83.1 Å². The summed E-state index contributed by atoms with van der Waals surface area (Å²) in [6.07, 6.45) is -0.831. The van der Waals surface area contributed by atoms with Crippen LogP contribution in [0.3, 0.4) is 0 Å². The SMILES string of the molecule is COC(=O)c1cc(OC)ccc1NC(=O)C1COc2ccccc2O1. The molecule has 0 bridgehead atoms. The number of rotatable bonds is 4. The number of amides is 1. The zero-order chi connectivity index (χ0) is 17.8. The van der Waals surface area contributed by atoms with Gasteiger partial charge >= 0.3 is 5.97 Å². The van der Waals surface area contributed by atoms with Gasteiger partial charge in [0.1, 0.15) is 12.4 Å². The third kappa shape index (κ3) is 3.50. The summed E-state index contributed by atoms with van der Waals surface area (Å²) in [4.78, 5) is 24.4. The maximum Gasteiger partial charge on any atom is 0.340 e. The average molecular weight is 343 g/mol. The predicted octanol–water partition coefficient (Wildman–Crippen LogP) is 2.26. The zero-order valence-electron chi connectivity index (χ0n) is 13.8. The van der Waals surface area contributed by atoms with Gasteiger partial charge in [0.2, 0.25) is 6.10 Å². The molecule has 1 aliphatic heterocycles. The van der Waals surface area contributed by atoms with Crippen LogP contribution in [0.5, 0.6) is 17.2 Å². The number of hydrogen-bond acceptors (Lipinski definition) is 6. The fraction of sp³-hybridized carbons (Fsp3) is 0.222. The van der Waals surface area contributed by atoms with Gasteiger partial charge in [-0.3, -0.25) is 4.79 Å². The Morgan fingerprint density at radius 3 is 2.60 bits per heavy atom. The van der Waals surface area contributed by atoms with Crippen molar-refractivity contribution in [2.24, 2.45) is 0 Å². The van der Waals surface area contributed by atoms with Crippen LogP contribution in [0.25, 0.3) is 0 Å². The van der Waals surface area contributed by atoms with Gasteiger partial charge in [0, 0.05) is 0 Å². The maximum atomic E-state index is 12.5. The summed E-state index contributed by atoms with van der Waals surface area (Å²) in [6, 6.07) is 11.8. The van der Waals surface area contributed by atoms with Crippen LogP contribution in [0.15, 0.2) is 42.5 Å². The number of fused-ring (bicyclic) bond motifs is 1. The lowest BCUT2D eigenvalue weighted by Gasteiger charge is -2.25. The van der Waals surface area contributed by atoms with Gasteiger partial charge in [0.25, 0.3) is 5.91 Å². The minimum absolute atomic E-state index is 0.0760. The van der Waals surface area contributed by atoms with Gasteiger partial charge in [-0.05, 0) is 30.3 Å². The highest BCUT2D eigenvalue weighted by molar-refractivity contribution is 6.03. The molecule has 0 saturated heterocycles. The standard InChI is InChI=1S/C18H17NO6/c1-22-11-7-8-13(12(9-11)18(21)23-2)19-17(20)16-10-24-14-5-3-4-6-15(14)25-16/h3-9,16H,10H2,1-2H3,(H,19,20). The quantitative estimate of drug-likeness (QED) is 0.858. The van der Waals surface area contributed by atoms with E-state index in [1.165, 1.54) is 20.3 Å². The molecule has 1 N–H and O–H groups in total. The second kappa shape index (κ2) is 7.12. The van der Waals surface area contributed by atoms with Crippen LogP contribution < -0.4 is 19.5 Å². The molecule has 0 fully saturated rings. The largest absolute Gasteiger partial charge is 0.497 e. The number of anilines is 1. The minimum Gasteiger partial charge on any atom is -0.497 e. The highest BCUT2D eigenvalue weighted by Crippen LogP contribution is 2.31. The molecule has 1 atom stereocenters. The number of esters is 1. The molecule has 2 aromatic carbocycles. The van der Waals surface area contributed by atoms with Crippen molar-refractivity contribution in [1.29, 1.82) is 0 Å². The summed E-state index contributed by atoms with van der Waals surface area (Å²) in [5.74, 6) is 0.554. The lowest BCUT2D eigenvalue weighted by molar-refractivity contribution is -0.125. The van der Waals surface area contributed by atoms with E-state index in [-0.39, 0.29) is 12.2 Å². The first-order valence-corrected chi connectivity index (χ1v) is 7.58. The number of para-hydroxylation sites is 2. The van der Waals surface area contributed by atoms with Crippen LogP contribution in [0.1, 0.15) is 10.4 Å². The van der Waals surface area contributed by atoms with Crippen LogP contribution >= 0.6 is 0 Å². The number of methoxy groups -OCH3 is 2. The Labute approximate surface area is 144 Å². The van der Waals surface area contributed by atoms with Crippen molar-refractivity contribution in [2.75, 3.05) is 26.1 Å². The van der Waals surface area contributed by atoms with Crippen molar-refractivity contribution in [1.82, 2.24) is 0 Å². The lowest BCUT2D eigenvalue weighted by atomic mass is 10.1. The highest BCUT2D eigenvalue weighted by Gasteiger charge is 2.28. The lowest BCUT2D eigenvalue weighted by Crippen LogP contribution is -2.40. The van der Waals surface area contributed by atoms with E-state index in [2.05, 4.69) is 5.32 Å².